The van der Waals surface area contributed by atoms with Crippen molar-refractivity contribution in [3.8, 4) is 17.0 Å². The number of nitrogens with zero attached hydrogens (tertiary/aromatic N) is 3. The van der Waals surface area contributed by atoms with Crippen molar-refractivity contribution in [3.63, 3.8) is 0 Å². The lowest BCUT2D eigenvalue weighted by Gasteiger charge is -2.14. The average molecular weight is 507 g/mol. The molecule has 3 aromatic rings. The Morgan fingerprint density at radius 1 is 1.22 bits per heavy atom. The monoisotopic (exact) mass is 506 g/mol. The predicted octanol–water partition coefficient (Wildman–Crippen LogP) is 4.15. The van der Waals surface area contributed by atoms with Crippen molar-refractivity contribution in [1.82, 2.24) is 25.3 Å². The van der Waals surface area contributed by atoms with E-state index in [2.05, 4.69) is 25.9 Å². The molecular formula is C26H30N6O5. The summed E-state index contributed by atoms with van der Waals surface area (Å²) in [4.78, 5) is 36.7. The highest BCUT2D eigenvalue weighted by Crippen LogP contribution is 2.38. The van der Waals surface area contributed by atoms with Gasteiger partial charge < -0.3 is 20.5 Å². The predicted molar refractivity (Wildman–Crippen MR) is 135 cm³/mol. The summed E-state index contributed by atoms with van der Waals surface area (Å²) in [7, 11) is 0. The summed E-state index contributed by atoms with van der Waals surface area (Å²) in [5.41, 5.74) is 2.26. The summed E-state index contributed by atoms with van der Waals surface area (Å²) in [5.74, 6) is 0.0298. The number of aromatic nitrogens is 4. The Kier molecular flexibility index (Phi) is 6.68. The minimum atomic E-state index is -0.407. The molecular weight excluding hydrogens is 476 g/mol. The van der Waals surface area contributed by atoms with Gasteiger partial charge in [0.15, 0.2) is 12.1 Å². The molecule has 0 aliphatic heterocycles. The number of aldehydes is 1. The second-order valence-corrected chi connectivity index (χ2v) is 9.95. The third kappa shape index (κ3) is 5.35. The minimum Gasteiger partial charge on any atom is -0.507 e. The van der Waals surface area contributed by atoms with Gasteiger partial charge in [0.2, 0.25) is 0 Å². The maximum atomic E-state index is 13.2. The molecule has 1 aromatic carbocycles. The molecule has 0 unspecified atom stereocenters. The van der Waals surface area contributed by atoms with Crippen molar-refractivity contribution in [3.05, 3.63) is 47.3 Å². The molecule has 2 fully saturated rings. The Bertz CT molecular complexity index is 1320. The van der Waals surface area contributed by atoms with E-state index >= 15 is 0 Å². The number of benzene rings is 1. The Morgan fingerprint density at radius 3 is 2.76 bits per heavy atom. The molecule has 2 atom stereocenters. The Hall–Kier alpha value is -4.15. The van der Waals surface area contributed by atoms with Gasteiger partial charge in [-0.05, 0) is 58.1 Å². The van der Waals surface area contributed by atoms with Crippen LogP contribution in [0, 0.1) is 0 Å². The molecule has 2 aromatic heterocycles. The average Bonchev–Trinajstić information content (AvgIpc) is 3.22. The van der Waals surface area contributed by atoms with E-state index in [-0.39, 0.29) is 41.3 Å². The number of hydrogen-bond acceptors (Lipinski definition) is 7. The number of nitrogens with one attached hydrogen (secondary N) is 3. The van der Waals surface area contributed by atoms with Crippen molar-refractivity contribution >= 4 is 24.1 Å². The van der Waals surface area contributed by atoms with Gasteiger partial charge in [0.25, 0.3) is 5.91 Å². The number of phenolic OH excluding ortho intramolecular Hbond substituents is 1. The molecule has 194 valence electrons. The normalized spacial score (nSPS) is 19.1. The van der Waals surface area contributed by atoms with Crippen LogP contribution >= 0.6 is 0 Å². The first-order chi connectivity index (χ1) is 17.8. The largest absolute Gasteiger partial charge is 0.507 e. The molecule has 2 aliphatic rings. The van der Waals surface area contributed by atoms with E-state index in [0.717, 1.165) is 31.4 Å². The van der Waals surface area contributed by atoms with Gasteiger partial charge in [-0.15, -0.1) is 0 Å². The van der Waals surface area contributed by atoms with Crippen LogP contribution in [0.3, 0.4) is 0 Å². The van der Waals surface area contributed by atoms with Gasteiger partial charge in [-0.3, -0.25) is 19.4 Å². The maximum absolute atomic E-state index is 13.2. The molecule has 2 aliphatic carbocycles. The van der Waals surface area contributed by atoms with E-state index in [1.165, 1.54) is 6.07 Å². The zero-order chi connectivity index (χ0) is 26.1. The van der Waals surface area contributed by atoms with Gasteiger partial charge >= 0.3 is 6.09 Å². The van der Waals surface area contributed by atoms with Crippen LogP contribution in [-0.4, -0.2) is 55.5 Å². The minimum absolute atomic E-state index is 0.0164. The van der Waals surface area contributed by atoms with Crippen LogP contribution in [0.25, 0.3) is 11.3 Å². The first-order valence-electron chi connectivity index (χ1n) is 12.5. The number of aromatic hydroxyl groups is 1. The standard InChI is InChI=1S/C26H30N6O5/c1-14(2)27-26(36)37-17-9-6-15(10-17)20-12-24(30-29-20)28-25(35)22-11-21(31-32(22)16-7-8-16)18-4-3-5-23(34)19(18)13-33/h3-5,11-17,34H,6-10H2,1-2H3,(H,27,36)(H2,28,29,30,35)/t15-,17+/m0/s1. The van der Waals surface area contributed by atoms with Crippen LogP contribution in [-0.2, 0) is 4.74 Å². The first-order valence-corrected chi connectivity index (χ1v) is 12.5. The number of phenols is 1. The van der Waals surface area contributed by atoms with E-state index in [1.54, 1.807) is 28.9 Å². The molecule has 37 heavy (non-hydrogen) atoms. The van der Waals surface area contributed by atoms with Crippen LogP contribution in [0.4, 0.5) is 10.6 Å². The van der Waals surface area contributed by atoms with E-state index in [4.69, 9.17) is 4.74 Å². The van der Waals surface area contributed by atoms with Gasteiger partial charge in [-0.25, -0.2) is 4.79 Å². The third-order valence-electron chi connectivity index (χ3n) is 6.68. The number of hydrogen-bond donors (Lipinski definition) is 4. The van der Waals surface area contributed by atoms with Crippen molar-refractivity contribution in [2.75, 3.05) is 5.32 Å². The van der Waals surface area contributed by atoms with Gasteiger partial charge in [0.1, 0.15) is 17.5 Å². The second-order valence-electron chi connectivity index (χ2n) is 9.95. The highest BCUT2D eigenvalue weighted by molar-refractivity contribution is 6.03. The summed E-state index contributed by atoms with van der Waals surface area (Å²) in [6.45, 7) is 3.76. The van der Waals surface area contributed by atoms with Crippen molar-refractivity contribution in [1.29, 1.82) is 0 Å². The van der Waals surface area contributed by atoms with Gasteiger partial charge in [0, 0.05) is 29.3 Å². The van der Waals surface area contributed by atoms with Gasteiger partial charge in [-0.1, -0.05) is 12.1 Å². The molecule has 5 rings (SSSR count). The molecule has 2 saturated carbocycles. The summed E-state index contributed by atoms with van der Waals surface area (Å²) < 4.78 is 7.18. The first kappa shape index (κ1) is 24.5. The van der Waals surface area contributed by atoms with Gasteiger partial charge in [-0.2, -0.15) is 10.2 Å². The Labute approximate surface area is 213 Å². The topological polar surface area (TPSA) is 151 Å². The lowest BCUT2D eigenvalue weighted by atomic mass is 10.0. The molecule has 4 N–H and O–H groups in total. The molecule has 11 nitrogen and oxygen atoms in total. The highest BCUT2D eigenvalue weighted by atomic mass is 16.6. The SMILES string of the molecule is CC(C)NC(=O)O[C@@H]1CC[C@H](c2cc(NC(=O)c3cc(-c4cccc(O)c4C=O)nn3C3CC3)n[nH]2)C1. The van der Waals surface area contributed by atoms with E-state index in [0.29, 0.717) is 35.5 Å². The summed E-state index contributed by atoms with van der Waals surface area (Å²) in [5, 5.41) is 27.5. The van der Waals surface area contributed by atoms with E-state index in [1.807, 2.05) is 13.8 Å². The smallest absolute Gasteiger partial charge is 0.407 e. The van der Waals surface area contributed by atoms with Crippen LogP contribution in [0.1, 0.15) is 84.5 Å². The number of alkyl carbamates (subject to hydrolysis) is 1. The maximum Gasteiger partial charge on any atom is 0.407 e. The third-order valence-corrected chi connectivity index (χ3v) is 6.68. The number of H-pyrrole nitrogens is 1. The fourth-order valence-corrected chi connectivity index (χ4v) is 4.73. The van der Waals surface area contributed by atoms with E-state index in [9.17, 15) is 19.5 Å². The fourth-order valence-electron chi connectivity index (χ4n) is 4.73. The summed E-state index contributed by atoms with van der Waals surface area (Å²) in [6.07, 6.45) is 4.13. The molecule has 2 heterocycles. The molecule has 11 heteroatoms. The number of amides is 2. The number of anilines is 1. The second kappa shape index (κ2) is 10.1. The number of carbonyl (C=O) groups excluding carboxylic acids is 3. The molecule has 0 saturated heterocycles. The van der Waals surface area contributed by atoms with E-state index < -0.39 is 6.09 Å². The van der Waals surface area contributed by atoms with Gasteiger partial charge in [0.05, 0.1) is 17.3 Å². The molecule has 0 bridgehead atoms. The summed E-state index contributed by atoms with van der Waals surface area (Å²) >= 11 is 0. The molecule has 0 radical (unpaired) electrons. The number of rotatable bonds is 8. The zero-order valence-electron chi connectivity index (χ0n) is 20.7. The summed E-state index contributed by atoms with van der Waals surface area (Å²) in [6, 6.07) is 8.32. The van der Waals surface area contributed by atoms with Crippen LogP contribution in [0.15, 0.2) is 30.3 Å². The molecule has 2 amide bonds. The lowest BCUT2D eigenvalue weighted by molar-refractivity contribution is 0.0979. The lowest BCUT2D eigenvalue weighted by Crippen LogP contribution is -2.33. The van der Waals surface area contributed by atoms with Crippen LogP contribution in [0.5, 0.6) is 5.75 Å². The fraction of sp³-hybridized carbons (Fsp3) is 0.423. The Morgan fingerprint density at radius 2 is 2.03 bits per heavy atom. The number of aromatic amines is 1. The Balaban J connectivity index is 1.28. The highest BCUT2D eigenvalue weighted by Gasteiger charge is 2.32. The number of ether oxygens (including phenoxy) is 1. The van der Waals surface area contributed by atoms with Crippen molar-refractivity contribution in [2.45, 2.75) is 70.1 Å². The van der Waals surface area contributed by atoms with Crippen LogP contribution < -0.4 is 10.6 Å². The quantitative estimate of drug-likeness (QED) is 0.335. The molecule has 0 spiro atoms. The zero-order valence-corrected chi connectivity index (χ0v) is 20.7. The van der Waals surface area contributed by atoms with Crippen molar-refractivity contribution in [2.24, 2.45) is 0 Å². The van der Waals surface area contributed by atoms with Crippen molar-refractivity contribution < 1.29 is 24.2 Å². The van der Waals surface area contributed by atoms with Crippen LogP contribution in [0.2, 0.25) is 0 Å². The number of carbonyl (C=O) groups is 3.